The van der Waals surface area contributed by atoms with E-state index in [0.717, 1.165) is 29.1 Å². The molecule has 5 nitrogen and oxygen atoms in total. The lowest BCUT2D eigenvalue weighted by Crippen LogP contribution is -2.07. The van der Waals surface area contributed by atoms with Gasteiger partial charge < -0.3 is 4.57 Å². The van der Waals surface area contributed by atoms with Crippen LogP contribution in [0, 0.1) is 17.1 Å². The van der Waals surface area contributed by atoms with Gasteiger partial charge in [0.2, 0.25) is 0 Å². The first-order valence-corrected chi connectivity index (χ1v) is 8.37. The number of benzene rings is 2. The molecule has 0 radical (unpaired) electrons. The standard InChI is InChI=1S/C20H16FN5/c1-2-25-19-7-6-14(13-22)10-18(19)24-20(25)12-17-8-9-23-26(17)16-5-3-4-15(21)11-16/h3-11H,2,12H2,1H3. The monoisotopic (exact) mass is 345 g/mol. The second kappa shape index (κ2) is 6.45. The van der Waals surface area contributed by atoms with Gasteiger partial charge in [-0.3, -0.25) is 0 Å². The van der Waals surface area contributed by atoms with Crippen LogP contribution < -0.4 is 0 Å². The van der Waals surface area contributed by atoms with E-state index in [9.17, 15) is 4.39 Å². The van der Waals surface area contributed by atoms with Crippen molar-refractivity contribution in [2.45, 2.75) is 19.9 Å². The summed E-state index contributed by atoms with van der Waals surface area (Å²) in [5.41, 5.74) is 3.99. The Kier molecular flexibility index (Phi) is 3.98. The molecule has 128 valence electrons. The summed E-state index contributed by atoms with van der Waals surface area (Å²) in [5.74, 6) is 0.588. The van der Waals surface area contributed by atoms with Crippen molar-refractivity contribution in [1.29, 1.82) is 5.26 Å². The molecule has 2 aromatic carbocycles. The summed E-state index contributed by atoms with van der Waals surface area (Å²) in [5, 5.41) is 13.4. The summed E-state index contributed by atoms with van der Waals surface area (Å²) in [4.78, 5) is 4.72. The van der Waals surface area contributed by atoms with E-state index in [1.54, 1.807) is 29.1 Å². The molecule has 0 aliphatic heterocycles. The molecule has 6 heteroatoms. The number of hydrogen-bond acceptors (Lipinski definition) is 3. The Labute approximate surface area is 149 Å². The van der Waals surface area contributed by atoms with Gasteiger partial charge in [0.25, 0.3) is 0 Å². The molecule has 0 N–H and O–H groups in total. The number of halogens is 1. The van der Waals surface area contributed by atoms with Crippen molar-refractivity contribution < 1.29 is 4.39 Å². The maximum atomic E-state index is 13.6. The van der Waals surface area contributed by atoms with Crippen LogP contribution in [0.2, 0.25) is 0 Å². The molecular formula is C20H16FN5. The van der Waals surface area contributed by atoms with Gasteiger partial charge in [0, 0.05) is 19.2 Å². The van der Waals surface area contributed by atoms with Crippen LogP contribution in [-0.2, 0) is 13.0 Å². The maximum absolute atomic E-state index is 13.6. The number of nitrogens with zero attached hydrogens (tertiary/aromatic N) is 5. The van der Waals surface area contributed by atoms with Crippen LogP contribution in [0.4, 0.5) is 4.39 Å². The molecule has 0 saturated heterocycles. The van der Waals surface area contributed by atoms with Crippen LogP contribution in [0.1, 0.15) is 24.0 Å². The van der Waals surface area contributed by atoms with E-state index >= 15 is 0 Å². The smallest absolute Gasteiger partial charge is 0.125 e. The molecule has 2 aromatic heterocycles. The molecule has 2 heterocycles. The first-order chi connectivity index (χ1) is 12.7. The lowest BCUT2D eigenvalue weighted by Gasteiger charge is -2.09. The minimum absolute atomic E-state index is 0.297. The molecule has 0 aliphatic rings. The molecule has 0 saturated carbocycles. The lowest BCUT2D eigenvalue weighted by atomic mass is 10.2. The average Bonchev–Trinajstić information content (AvgIpc) is 3.25. The number of nitriles is 1. The zero-order valence-corrected chi connectivity index (χ0v) is 14.2. The van der Waals surface area contributed by atoms with Crippen LogP contribution in [0.15, 0.2) is 54.7 Å². The summed E-state index contributed by atoms with van der Waals surface area (Å²) in [6.45, 7) is 2.83. The molecule has 0 atom stereocenters. The highest BCUT2D eigenvalue weighted by molar-refractivity contribution is 5.77. The second-order valence-corrected chi connectivity index (χ2v) is 5.98. The van der Waals surface area contributed by atoms with Gasteiger partial charge in [-0.15, -0.1) is 0 Å². The summed E-state index contributed by atoms with van der Waals surface area (Å²) in [6.07, 6.45) is 2.26. The first-order valence-electron chi connectivity index (χ1n) is 8.37. The fraction of sp³-hybridized carbons (Fsp3) is 0.150. The van der Waals surface area contributed by atoms with E-state index in [2.05, 4.69) is 22.7 Å². The van der Waals surface area contributed by atoms with Crippen LogP contribution in [0.3, 0.4) is 0 Å². The molecule has 0 amide bonds. The fourth-order valence-corrected chi connectivity index (χ4v) is 3.20. The van der Waals surface area contributed by atoms with Gasteiger partial charge in [0.1, 0.15) is 11.6 Å². The Morgan fingerprint density at radius 1 is 1.15 bits per heavy atom. The Hall–Kier alpha value is -3.46. The number of rotatable bonds is 4. The summed E-state index contributed by atoms with van der Waals surface area (Å²) >= 11 is 0. The predicted molar refractivity (Wildman–Crippen MR) is 96.5 cm³/mol. The van der Waals surface area contributed by atoms with Crippen molar-refractivity contribution in [3.05, 3.63) is 77.6 Å². The maximum Gasteiger partial charge on any atom is 0.125 e. The number of aryl methyl sites for hydroxylation is 1. The Morgan fingerprint density at radius 3 is 2.81 bits per heavy atom. The molecule has 0 spiro atoms. The molecule has 0 unspecified atom stereocenters. The van der Waals surface area contributed by atoms with Gasteiger partial charge in [-0.25, -0.2) is 14.1 Å². The number of hydrogen-bond donors (Lipinski definition) is 0. The third-order valence-electron chi connectivity index (χ3n) is 4.39. The summed E-state index contributed by atoms with van der Waals surface area (Å²) in [7, 11) is 0. The predicted octanol–water partition coefficient (Wildman–Crippen LogP) is 3.84. The highest BCUT2D eigenvalue weighted by Crippen LogP contribution is 2.21. The lowest BCUT2D eigenvalue weighted by molar-refractivity contribution is 0.624. The Balaban J connectivity index is 1.77. The SMILES string of the molecule is CCn1c(Cc2ccnn2-c2cccc(F)c2)nc2cc(C#N)ccc21. The minimum atomic E-state index is -0.297. The summed E-state index contributed by atoms with van der Waals surface area (Å²) in [6, 6.07) is 15.9. The average molecular weight is 345 g/mol. The van der Waals surface area contributed by atoms with Crippen molar-refractivity contribution in [2.24, 2.45) is 0 Å². The molecule has 0 aliphatic carbocycles. The third kappa shape index (κ3) is 2.74. The fourth-order valence-electron chi connectivity index (χ4n) is 3.20. The van der Waals surface area contributed by atoms with Crippen LogP contribution in [0.5, 0.6) is 0 Å². The van der Waals surface area contributed by atoms with Gasteiger partial charge in [-0.1, -0.05) is 6.07 Å². The van der Waals surface area contributed by atoms with Crippen LogP contribution in [0.25, 0.3) is 16.7 Å². The van der Waals surface area contributed by atoms with Crippen molar-refractivity contribution >= 4 is 11.0 Å². The van der Waals surface area contributed by atoms with Crippen molar-refractivity contribution in [3.63, 3.8) is 0 Å². The van der Waals surface area contributed by atoms with E-state index < -0.39 is 0 Å². The van der Waals surface area contributed by atoms with Crippen LogP contribution in [-0.4, -0.2) is 19.3 Å². The molecule has 4 aromatic rings. The molecule has 4 rings (SSSR count). The molecular weight excluding hydrogens is 329 g/mol. The molecule has 0 fully saturated rings. The van der Waals surface area contributed by atoms with E-state index in [1.165, 1.54) is 12.1 Å². The highest BCUT2D eigenvalue weighted by atomic mass is 19.1. The van der Waals surface area contributed by atoms with E-state index in [4.69, 9.17) is 10.2 Å². The summed E-state index contributed by atoms with van der Waals surface area (Å²) < 4.78 is 17.4. The van der Waals surface area contributed by atoms with E-state index in [-0.39, 0.29) is 5.82 Å². The highest BCUT2D eigenvalue weighted by Gasteiger charge is 2.14. The third-order valence-corrected chi connectivity index (χ3v) is 4.39. The quantitative estimate of drug-likeness (QED) is 0.564. The largest absolute Gasteiger partial charge is 0.328 e. The van der Waals surface area contributed by atoms with Gasteiger partial charge in [0.15, 0.2) is 0 Å². The number of imidazole rings is 1. The van der Waals surface area contributed by atoms with Gasteiger partial charge in [-0.2, -0.15) is 10.4 Å². The van der Waals surface area contributed by atoms with Crippen molar-refractivity contribution in [3.8, 4) is 11.8 Å². The molecule has 0 bridgehead atoms. The van der Waals surface area contributed by atoms with Crippen molar-refractivity contribution in [1.82, 2.24) is 19.3 Å². The topological polar surface area (TPSA) is 59.4 Å². The van der Waals surface area contributed by atoms with E-state index in [0.29, 0.717) is 17.7 Å². The van der Waals surface area contributed by atoms with Crippen molar-refractivity contribution in [2.75, 3.05) is 0 Å². The zero-order valence-electron chi connectivity index (χ0n) is 14.2. The van der Waals surface area contributed by atoms with E-state index in [1.807, 2.05) is 18.2 Å². The van der Waals surface area contributed by atoms with Gasteiger partial charge >= 0.3 is 0 Å². The second-order valence-electron chi connectivity index (χ2n) is 5.98. The Bertz CT molecular complexity index is 1130. The van der Waals surface area contributed by atoms with Crippen LogP contribution >= 0.6 is 0 Å². The molecule has 26 heavy (non-hydrogen) atoms. The van der Waals surface area contributed by atoms with Gasteiger partial charge in [-0.05, 0) is 49.4 Å². The Morgan fingerprint density at radius 2 is 2.04 bits per heavy atom. The zero-order chi connectivity index (χ0) is 18.1. The van der Waals surface area contributed by atoms with Gasteiger partial charge in [0.05, 0.1) is 34.0 Å². The number of fused-ring (bicyclic) bond motifs is 1. The minimum Gasteiger partial charge on any atom is -0.328 e. The normalized spacial score (nSPS) is 11.0. The number of aromatic nitrogens is 4. The first kappa shape index (κ1) is 16.0.